The van der Waals surface area contributed by atoms with Gasteiger partial charge in [0.1, 0.15) is 5.60 Å². The van der Waals surface area contributed by atoms with E-state index in [1.165, 1.54) is 84.7 Å². The van der Waals surface area contributed by atoms with Crippen LogP contribution in [0.1, 0.15) is 270 Å². The van der Waals surface area contributed by atoms with Gasteiger partial charge in [-0.1, -0.05) is 211 Å². The van der Waals surface area contributed by atoms with Gasteiger partial charge in [-0.25, -0.2) is 4.57 Å². The molecular formula is C53H91O4P. The summed E-state index contributed by atoms with van der Waals surface area (Å²) in [7, 11) is -5.03. The fraction of sp³-hybridized carbons (Fsp3) is 0.774. The molecule has 0 bridgehead atoms. The van der Waals surface area contributed by atoms with Gasteiger partial charge in [0.2, 0.25) is 0 Å². The minimum absolute atomic E-state index is 0.0482. The summed E-state index contributed by atoms with van der Waals surface area (Å²) < 4.78 is 20.8. The summed E-state index contributed by atoms with van der Waals surface area (Å²) in [5.41, 5.74) is 7.88. The molecule has 4 nitrogen and oxygen atoms in total. The van der Waals surface area contributed by atoms with Crippen molar-refractivity contribution in [1.82, 2.24) is 0 Å². The molecule has 0 saturated carbocycles. The first-order valence-corrected chi connectivity index (χ1v) is 25.8. The van der Waals surface area contributed by atoms with Crippen molar-refractivity contribution < 1.29 is 18.9 Å². The lowest BCUT2D eigenvalue weighted by Crippen LogP contribution is -2.47. The van der Waals surface area contributed by atoms with Crippen LogP contribution in [0.15, 0.2) is 24.3 Å². The molecule has 1 atom stereocenters. The van der Waals surface area contributed by atoms with Gasteiger partial charge in [-0.15, -0.1) is 0 Å². The Balaban J connectivity index is 2.72. The number of unbranched alkanes of at least 4 members (excludes halogenated alkanes) is 9. The molecule has 5 heteroatoms. The van der Waals surface area contributed by atoms with Gasteiger partial charge in [-0.2, -0.15) is 0 Å². The number of hydrogen-bond donors (Lipinski definition) is 2. The van der Waals surface area contributed by atoms with Crippen LogP contribution in [0.4, 0.5) is 0 Å². The molecule has 0 spiro atoms. The number of phosphoric acid groups is 1. The van der Waals surface area contributed by atoms with Crippen LogP contribution in [0, 0.1) is 5.92 Å². The summed E-state index contributed by atoms with van der Waals surface area (Å²) in [6, 6.07) is 9.91. The van der Waals surface area contributed by atoms with Gasteiger partial charge >= 0.3 is 7.82 Å². The summed E-state index contributed by atoms with van der Waals surface area (Å²) in [5, 5.41) is 0. The van der Waals surface area contributed by atoms with Gasteiger partial charge in [0.25, 0.3) is 0 Å². The Morgan fingerprint density at radius 2 is 0.897 bits per heavy atom. The molecule has 332 valence electrons. The molecule has 2 aromatic rings. The van der Waals surface area contributed by atoms with Crippen molar-refractivity contribution in [3.05, 3.63) is 68.8 Å². The largest absolute Gasteiger partial charge is 0.470 e. The predicted octanol–water partition coefficient (Wildman–Crippen LogP) is 16.6. The fourth-order valence-electron chi connectivity index (χ4n) is 10.5. The molecule has 1 unspecified atom stereocenters. The number of hydrogen-bond acceptors (Lipinski definition) is 2. The smallest absolute Gasteiger partial charge is 0.303 e. The summed E-state index contributed by atoms with van der Waals surface area (Å²) in [6.45, 7) is 32.8. The van der Waals surface area contributed by atoms with Crippen molar-refractivity contribution in [3.63, 3.8) is 0 Å². The van der Waals surface area contributed by atoms with Gasteiger partial charge in [0, 0.05) is 0 Å². The highest BCUT2D eigenvalue weighted by atomic mass is 31.2. The molecule has 1 aliphatic carbocycles. The zero-order valence-electron chi connectivity index (χ0n) is 40.4. The Morgan fingerprint density at radius 1 is 0.552 bits per heavy atom. The van der Waals surface area contributed by atoms with E-state index in [2.05, 4.69) is 121 Å². The standard InChI is InChI=1S/C53H91O4P/c1-15-21-26-31-49(7,8)43-36-40-35-41-37-44(50(9,10)32-27-22-16-2)39-46(52(13,14)34-29-24-18-4)48(41)53(57-58(54,55)56,42(20-6)30-25-19-5)47(40)45(38-43)51(11,12)33-28-23-17-3/h36-39,42H,15-35H2,1-14H3,(H2,54,55,56). The number of benzene rings is 2. The van der Waals surface area contributed by atoms with E-state index in [4.69, 9.17) is 4.52 Å². The monoisotopic (exact) mass is 823 g/mol. The highest BCUT2D eigenvalue weighted by Gasteiger charge is 2.55. The zero-order chi connectivity index (χ0) is 43.6. The van der Waals surface area contributed by atoms with E-state index in [9.17, 15) is 14.4 Å². The van der Waals surface area contributed by atoms with Gasteiger partial charge in [-0.05, 0) is 117 Å². The van der Waals surface area contributed by atoms with Crippen LogP contribution in [0.5, 0.6) is 0 Å². The van der Waals surface area contributed by atoms with E-state index in [0.29, 0.717) is 0 Å². The second-order valence-corrected chi connectivity index (χ2v) is 22.4. The van der Waals surface area contributed by atoms with Crippen LogP contribution >= 0.6 is 7.82 Å². The third kappa shape index (κ3) is 12.3. The maximum absolute atomic E-state index is 14.0. The van der Waals surface area contributed by atoms with Crippen LogP contribution in [-0.2, 0) is 42.8 Å². The minimum Gasteiger partial charge on any atom is -0.303 e. The number of rotatable bonds is 27. The highest BCUT2D eigenvalue weighted by Crippen LogP contribution is 2.62. The average Bonchev–Trinajstić information content (AvgIpc) is 3.13. The summed E-state index contributed by atoms with van der Waals surface area (Å²) in [4.78, 5) is 22.8. The molecule has 58 heavy (non-hydrogen) atoms. The van der Waals surface area contributed by atoms with E-state index in [1.807, 2.05) is 0 Å². The van der Waals surface area contributed by atoms with E-state index in [1.54, 1.807) is 0 Å². The summed E-state index contributed by atoms with van der Waals surface area (Å²) in [5.74, 6) is -0.125. The van der Waals surface area contributed by atoms with Crippen LogP contribution < -0.4 is 0 Å². The topological polar surface area (TPSA) is 66.8 Å². The number of phosphoric ester groups is 1. The molecule has 3 rings (SSSR count). The third-order valence-corrected chi connectivity index (χ3v) is 15.0. The Kier molecular flexibility index (Phi) is 18.9. The van der Waals surface area contributed by atoms with Crippen LogP contribution in [0.25, 0.3) is 0 Å². The quantitative estimate of drug-likeness (QED) is 0.0696. The number of fused-ring (bicyclic) bond motifs is 2. The first-order chi connectivity index (χ1) is 27.1. The Labute approximate surface area is 359 Å². The molecule has 0 saturated heterocycles. The lowest BCUT2D eigenvalue weighted by Gasteiger charge is -2.51. The third-order valence-electron chi connectivity index (χ3n) is 14.4. The highest BCUT2D eigenvalue weighted by molar-refractivity contribution is 7.46. The van der Waals surface area contributed by atoms with Crippen LogP contribution in [-0.4, -0.2) is 9.79 Å². The predicted molar refractivity (Wildman–Crippen MR) is 252 cm³/mol. The van der Waals surface area contributed by atoms with E-state index >= 15 is 0 Å². The maximum Gasteiger partial charge on any atom is 0.470 e. The van der Waals surface area contributed by atoms with Crippen LogP contribution in [0.2, 0.25) is 0 Å². The zero-order valence-corrected chi connectivity index (χ0v) is 41.3. The fourth-order valence-corrected chi connectivity index (χ4v) is 11.2. The van der Waals surface area contributed by atoms with E-state index in [0.717, 1.165) is 94.6 Å². The van der Waals surface area contributed by atoms with Crippen molar-refractivity contribution in [3.8, 4) is 0 Å². The van der Waals surface area contributed by atoms with Crippen molar-refractivity contribution in [2.45, 2.75) is 259 Å². The first-order valence-electron chi connectivity index (χ1n) is 24.2. The Bertz CT molecular complexity index is 1530. The molecular weight excluding hydrogens is 732 g/mol. The minimum atomic E-state index is -5.03. The Hall–Kier alpha value is -1.45. The average molecular weight is 823 g/mol. The lowest BCUT2D eigenvalue weighted by atomic mass is 9.58. The van der Waals surface area contributed by atoms with Crippen molar-refractivity contribution in [1.29, 1.82) is 0 Å². The normalized spacial score (nSPS) is 15.4. The van der Waals surface area contributed by atoms with E-state index < -0.39 is 13.4 Å². The van der Waals surface area contributed by atoms with Gasteiger partial charge in [0.15, 0.2) is 0 Å². The molecule has 2 N–H and O–H groups in total. The second kappa shape index (κ2) is 21.6. The van der Waals surface area contributed by atoms with Crippen molar-refractivity contribution in [2.24, 2.45) is 5.92 Å². The summed E-state index contributed by atoms with van der Waals surface area (Å²) >= 11 is 0. The van der Waals surface area contributed by atoms with Crippen molar-refractivity contribution >= 4 is 7.82 Å². The molecule has 0 radical (unpaired) electrons. The molecule has 0 fully saturated rings. The molecule has 0 aromatic heterocycles. The maximum atomic E-state index is 14.0. The van der Waals surface area contributed by atoms with Gasteiger partial charge < -0.3 is 9.79 Å². The first kappa shape index (κ1) is 50.9. The van der Waals surface area contributed by atoms with Crippen LogP contribution in [0.3, 0.4) is 0 Å². The molecule has 1 aliphatic rings. The van der Waals surface area contributed by atoms with Gasteiger partial charge in [-0.3, -0.25) is 4.52 Å². The molecule has 0 aliphatic heterocycles. The van der Waals surface area contributed by atoms with E-state index in [-0.39, 0.29) is 27.6 Å². The lowest BCUT2D eigenvalue weighted by molar-refractivity contribution is 0.00111. The molecule has 2 aromatic carbocycles. The second-order valence-electron chi connectivity index (χ2n) is 21.2. The van der Waals surface area contributed by atoms with Gasteiger partial charge in [0.05, 0.1) is 0 Å². The Morgan fingerprint density at radius 3 is 1.21 bits per heavy atom. The molecule has 0 heterocycles. The SMILES string of the molecule is CCCCCC(C)(C)c1cc2c(c(C(C)(C)CCCCC)c1)C(OP(=O)(O)O)(C(CC)CCCC)c1c(cc(C(C)(C)CCCCC)cc1C(C)(C)CCCCC)C2. The molecule has 0 amide bonds. The van der Waals surface area contributed by atoms with Crippen molar-refractivity contribution in [2.75, 3.05) is 0 Å². The summed E-state index contributed by atoms with van der Waals surface area (Å²) in [6.07, 6.45) is 22.7.